The van der Waals surface area contributed by atoms with Gasteiger partial charge in [0, 0.05) is 0 Å². The van der Waals surface area contributed by atoms with Gasteiger partial charge >= 0.3 is 0 Å². The largest absolute Gasteiger partial charge is 0.467 e. The summed E-state index contributed by atoms with van der Waals surface area (Å²) in [5, 5.41) is 11.5. The molecule has 2 rings (SSSR count). The van der Waals surface area contributed by atoms with Crippen molar-refractivity contribution in [1.29, 1.82) is 0 Å². The molecule has 0 aliphatic carbocycles. The van der Waals surface area contributed by atoms with Crippen LogP contribution in [-0.2, 0) is 11.3 Å². The minimum Gasteiger partial charge on any atom is -0.467 e. The van der Waals surface area contributed by atoms with Crippen molar-refractivity contribution in [2.45, 2.75) is 12.9 Å². The Kier molecular flexibility index (Phi) is 2.98. The Morgan fingerprint density at radius 2 is 2.36 bits per heavy atom. The lowest BCUT2D eigenvalue weighted by atomic mass is 10.4. The van der Waals surface area contributed by atoms with E-state index in [1.807, 2.05) is 17.5 Å². The van der Waals surface area contributed by atoms with E-state index in [9.17, 15) is 5.11 Å². The van der Waals surface area contributed by atoms with Gasteiger partial charge in [-0.15, -0.1) is 11.3 Å². The van der Waals surface area contributed by atoms with Crippen LogP contribution in [0.15, 0.2) is 40.3 Å². The standard InChI is InChI=1S/C10H10O3S/c11-10(9-4-2-6-14-9)13-7-8-3-1-5-12-8/h1-6,10-11H,7H2. The molecule has 0 amide bonds. The van der Waals surface area contributed by atoms with E-state index >= 15 is 0 Å². The summed E-state index contributed by atoms with van der Waals surface area (Å²) in [6.07, 6.45) is 0.719. The third kappa shape index (κ3) is 2.23. The Balaban J connectivity index is 1.87. The van der Waals surface area contributed by atoms with E-state index in [4.69, 9.17) is 9.15 Å². The number of thiophene rings is 1. The fraction of sp³-hybridized carbons (Fsp3) is 0.200. The van der Waals surface area contributed by atoms with E-state index in [2.05, 4.69) is 0 Å². The maximum absolute atomic E-state index is 9.55. The fourth-order valence-corrected chi connectivity index (χ4v) is 1.73. The van der Waals surface area contributed by atoms with E-state index in [1.54, 1.807) is 18.4 Å². The molecule has 4 heteroatoms. The molecule has 1 N–H and O–H groups in total. The zero-order chi connectivity index (χ0) is 9.80. The number of aliphatic hydroxyl groups is 1. The summed E-state index contributed by atoms with van der Waals surface area (Å²) in [6.45, 7) is 0.284. The maximum Gasteiger partial charge on any atom is 0.191 e. The number of ether oxygens (including phenoxy) is 1. The predicted molar refractivity (Wildman–Crippen MR) is 52.8 cm³/mol. The number of aliphatic hydroxyl groups excluding tert-OH is 1. The Hall–Kier alpha value is -1.10. The van der Waals surface area contributed by atoms with Crippen molar-refractivity contribution in [2.75, 3.05) is 0 Å². The molecule has 0 aliphatic rings. The molecule has 2 aromatic rings. The van der Waals surface area contributed by atoms with Gasteiger partial charge < -0.3 is 14.3 Å². The van der Waals surface area contributed by atoms with Crippen LogP contribution >= 0.6 is 11.3 Å². The highest BCUT2D eigenvalue weighted by molar-refractivity contribution is 7.09. The van der Waals surface area contributed by atoms with Gasteiger partial charge in [0.05, 0.1) is 11.1 Å². The van der Waals surface area contributed by atoms with Crippen LogP contribution in [0.2, 0.25) is 0 Å². The first-order valence-electron chi connectivity index (χ1n) is 4.22. The van der Waals surface area contributed by atoms with Gasteiger partial charge in [-0.25, -0.2) is 0 Å². The summed E-state index contributed by atoms with van der Waals surface area (Å²) in [5.74, 6) is 0.709. The van der Waals surface area contributed by atoms with Gasteiger partial charge in [0.25, 0.3) is 0 Å². The first-order chi connectivity index (χ1) is 6.86. The van der Waals surface area contributed by atoms with Gasteiger partial charge in [-0.2, -0.15) is 0 Å². The minimum absolute atomic E-state index is 0.284. The lowest BCUT2D eigenvalue weighted by molar-refractivity contribution is -0.113. The molecule has 14 heavy (non-hydrogen) atoms. The summed E-state index contributed by atoms with van der Waals surface area (Å²) in [4.78, 5) is 0.802. The van der Waals surface area contributed by atoms with Crippen LogP contribution in [0.3, 0.4) is 0 Å². The SMILES string of the molecule is OC(OCc1ccco1)c1cccs1. The second-order valence-electron chi connectivity index (χ2n) is 2.76. The molecule has 0 radical (unpaired) electrons. The molecule has 2 heterocycles. The number of furan rings is 1. The second-order valence-corrected chi connectivity index (χ2v) is 3.74. The summed E-state index contributed by atoms with van der Waals surface area (Å²) in [5.41, 5.74) is 0. The van der Waals surface area contributed by atoms with E-state index in [-0.39, 0.29) is 6.61 Å². The van der Waals surface area contributed by atoms with Gasteiger partial charge in [0.1, 0.15) is 12.4 Å². The van der Waals surface area contributed by atoms with Gasteiger partial charge in [-0.3, -0.25) is 0 Å². The zero-order valence-electron chi connectivity index (χ0n) is 7.42. The molecule has 0 bridgehead atoms. The van der Waals surface area contributed by atoms with Crippen LogP contribution in [0, 0.1) is 0 Å². The van der Waals surface area contributed by atoms with Gasteiger partial charge in [-0.05, 0) is 23.6 Å². The molecule has 0 saturated carbocycles. The number of hydrogen-bond acceptors (Lipinski definition) is 4. The molecule has 2 aromatic heterocycles. The molecule has 0 fully saturated rings. The third-order valence-corrected chi connectivity index (χ3v) is 2.65. The molecule has 0 aliphatic heterocycles. The molecule has 0 saturated heterocycles. The van der Waals surface area contributed by atoms with Crippen LogP contribution < -0.4 is 0 Å². The van der Waals surface area contributed by atoms with Crippen LogP contribution in [0.5, 0.6) is 0 Å². The van der Waals surface area contributed by atoms with Crippen molar-refractivity contribution in [3.63, 3.8) is 0 Å². The quantitative estimate of drug-likeness (QED) is 0.788. The maximum atomic E-state index is 9.55. The van der Waals surface area contributed by atoms with Crippen molar-refractivity contribution in [3.8, 4) is 0 Å². The van der Waals surface area contributed by atoms with Crippen LogP contribution in [-0.4, -0.2) is 5.11 Å². The van der Waals surface area contributed by atoms with Crippen molar-refractivity contribution in [1.82, 2.24) is 0 Å². The smallest absolute Gasteiger partial charge is 0.191 e. The normalized spacial score (nSPS) is 12.9. The highest BCUT2D eigenvalue weighted by Crippen LogP contribution is 2.20. The van der Waals surface area contributed by atoms with Gasteiger partial charge in [-0.1, -0.05) is 6.07 Å². The fourth-order valence-electron chi connectivity index (χ4n) is 1.07. The predicted octanol–water partition coefficient (Wildman–Crippen LogP) is 2.55. The molecule has 1 atom stereocenters. The molecular weight excluding hydrogens is 200 g/mol. The Morgan fingerprint density at radius 3 is 3.00 bits per heavy atom. The second kappa shape index (κ2) is 4.41. The third-order valence-electron chi connectivity index (χ3n) is 1.75. The number of hydrogen-bond donors (Lipinski definition) is 1. The number of rotatable bonds is 4. The van der Waals surface area contributed by atoms with Crippen molar-refractivity contribution in [3.05, 3.63) is 46.5 Å². The monoisotopic (exact) mass is 210 g/mol. The van der Waals surface area contributed by atoms with E-state index in [0.717, 1.165) is 4.88 Å². The zero-order valence-corrected chi connectivity index (χ0v) is 8.24. The Morgan fingerprint density at radius 1 is 1.43 bits per heavy atom. The van der Waals surface area contributed by atoms with Gasteiger partial charge in [0.15, 0.2) is 6.29 Å². The van der Waals surface area contributed by atoms with E-state index < -0.39 is 6.29 Å². The average Bonchev–Trinajstić information content (AvgIpc) is 2.87. The minimum atomic E-state index is -0.861. The Bertz CT molecular complexity index is 353. The van der Waals surface area contributed by atoms with Crippen LogP contribution in [0.1, 0.15) is 16.9 Å². The molecular formula is C10H10O3S. The summed E-state index contributed by atoms with van der Waals surface area (Å²) in [7, 11) is 0. The summed E-state index contributed by atoms with van der Waals surface area (Å²) < 4.78 is 10.3. The first-order valence-corrected chi connectivity index (χ1v) is 5.09. The van der Waals surface area contributed by atoms with Crippen LogP contribution in [0.25, 0.3) is 0 Å². The molecule has 0 spiro atoms. The average molecular weight is 210 g/mol. The highest BCUT2D eigenvalue weighted by atomic mass is 32.1. The van der Waals surface area contributed by atoms with Crippen molar-refractivity contribution >= 4 is 11.3 Å². The molecule has 3 nitrogen and oxygen atoms in total. The van der Waals surface area contributed by atoms with Gasteiger partial charge in [0.2, 0.25) is 0 Å². The van der Waals surface area contributed by atoms with Crippen LogP contribution in [0.4, 0.5) is 0 Å². The van der Waals surface area contributed by atoms with E-state index in [1.165, 1.54) is 11.3 Å². The molecule has 1 unspecified atom stereocenters. The summed E-state index contributed by atoms with van der Waals surface area (Å²) in [6, 6.07) is 7.30. The van der Waals surface area contributed by atoms with Crippen molar-refractivity contribution in [2.24, 2.45) is 0 Å². The highest BCUT2D eigenvalue weighted by Gasteiger charge is 2.09. The first kappa shape index (κ1) is 9.45. The Labute approximate surface area is 85.6 Å². The van der Waals surface area contributed by atoms with E-state index in [0.29, 0.717) is 5.76 Å². The summed E-state index contributed by atoms with van der Waals surface area (Å²) >= 11 is 1.46. The van der Waals surface area contributed by atoms with Crippen molar-refractivity contribution < 1.29 is 14.3 Å². The topological polar surface area (TPSA) is 42.6 Å². The molecule has 74 valence electrons. The lowest BCUT2D eigenvalue weighted by Gasteiger charge is -2.08. The molecule has 0 aromatic carbocycles. The lowest BCUT2D eigenvalue weighted by Crippen LogP contribution is -2.00.